The van der Waals surface area contributed by atoms with Crippen molar-refractivity contribution < 1.29 is 19.1 Å². The monoisotopic (exact) mass is 532 g/mol. The molecule has 3 heterocycles. The number of ether oxygens (including phenoxy) is 2. The molecule has 2 fully saturated rings. The third-order valence-electron chi connectivity index (χ3n) is 7.03. The van der Waals surface area contributed by atoms with Crippen LogP contribution in [0.5, 0.6) is 11.5 Å². The number of halogens is 2. The Morgan fingerprint density at radius 2 is 1.61 bits per heavy atom. The number of nitrogens with one attached hydrogen (secondary N) is 1. The van der Waals surface area contributed by atoms with E-state index in [1.807, 2.05) is 17.0 Å². The van der Waals surface area contributed by atoms with Gasteiger partial charge in [0.1, 0.15) is 0 Å². The highest BCUT2D eigenvalue weighted by Crippen LogP contribution is 2.33. The Morgan fingerprint density at radius 1 is 0.861 bits per heavy atom. The van der Waals surface area contributed by atoms with E-state index in [0.717, 1.165) is 70.2 Å². The van der Waals surface area contributed by atoms with Gasteiger partial charge in [0.2, 0.25) is 18.6 Å². The first-order chi connectivity index (χ1) is 17.4. The normalized spacial score (nSPS) is 18.9. The van der Waals surface area contributed by atoms with Gasteiger partial charge >= 0.3 is 0 Å². The number of rotatable bonds is 6. The molecular weight excluding hydrogens is 503 g/mol. The maximum absolute atomic E-state index is 13.1. The first-order valence-corrected chi connectivity index (χ1v) is 13.1. The highest BCUT2D eigenvalue weighted by atomic mass is 35.5. The lowest BCUT2D eigenvalue weighted by Gasteiger charge is -2.38. The van der Waals surface area contributed by atoms with Gasteiger partial charge in [0.15, 0.2) is 11.5 Å². The minimum absolute atomic E-state index is 0.0276. The average molecular weight is 533 g/mol. The second-order valence-electron chi connectivity index (χ2n) is 9.52. The van der Waals surface area contributed by atoms with E-state index in [9.17, 15) is 9.59 Å². The summed E-state index contributed by atoms with van der Waals surface area (Å²) in [7, 11) is 0. The van der Waals surface area contributed by atoms with Crippen molar-refractivity contribution in [3.8, 4) is 11.5 Å². The van der Waals surface area contributed by atoms with Crippen LogP contribution in [0.1, 0.15) is 18.4 Å². The Balaban J connectivity index is 1.03. The zero-order valence-electron chi connectivity index (χ0n) is 20.1. The molecule has 36 heavy (non-hydrogen) atoms. The van der Waals surface area contributed by atoms with Gasteiger partial charge in [-0.25, -0.2) is 0 Å². The van der Waals surface area contributed by atoms with Crippen LogP contribution in [-0.4, -0.2) is 79.1 Å². The Kier molecular flexibility index (Phi) is 7.86. The molecule has 0 aromatic heterocycles. The van der Waals surface area contributed by atoms with Crippen molar-refractivity contribution in [3.05, 3.63) is 52.0 Å². The lowest BCUT2D eigenvalue weighted by atomic mass is 9.95. The molecular formula is C26H30Cl2N4O4. The molecule has 2 amide bonds. The molecule has 192 valence electrons. The number of piperazine rings is 1. The van der Waals surface area contributed by atoms with Crippen molar-refractivity contribution in [2.45, 2.75) is 19.4 Å². The Bertz CT molecular complexity index is 1120. The Labute approximate surface area is 221 Å². The first-order valence-electron chi connectivity index (χ1n) is 12.3. The number of amides is 2. The highest BCUT2D eigenvalue weighted by Gasteiger charge is 2.31. The summed E-state index contributed by atoms with van der Waals surface area (Å²) in [5.74, 6) is 1.78. The molecule has 2 aromatic rings. The van der Waals surface area contributed by atoms with Crippen molar-refractivity contribution in [2.24, 2.45) is 5.92 Å². The number of carbonyl (C=O) groups excluding carboxylic acids is 2. The second-order valence-corrected chi connectivity index (χ2v) is 10.3. The number of fused-ring (bicyclic) bond motifs is 1. The zero-order valence-corrected chi connectivity index (χ0v) is 21.6. The van der Waals surface area contributed by atoms with Crippen LogP contribution in [0.4, 0.5) is 5.69 Å². The van der Waals surface area contributed by atoms with E-state index < -0.39 is 0 Å². The zero-order chi connectivity index (χ0) is 25.1. The van der Waals surface area contributed by atoms with Crippen molar-refractivity contribution in [3.63, 3.8) is 0 Å². The van der Waals surface area contributed by atoms with E-state index >= 15 is 0 Å². The van der Waals surface area contributed by atoms with Crippen LogP contribution in [0.15, 0.2) is 36.4 Å². The quantitative estimate of drug-likeness (QED) is 0.611. The molecule has 10 heteroatoms. The van der Waals surface area contributed by atoms with Gasteiger partial charge in [0.25, 0.3) is 0 Å². The summed E-state index contributed by atoms with van der Waals surface area (Å²) in [6.45, 7) is 6.07. The fraction of sp³-hybridized carbons (Fsp3) is 0.462. The van der Waals surface area contributed by atoms with Gasteiger partial charge in [-0.2, -0.15) is 0 Å². The minimum Gasteiger partial charge on any atom is -0.454 e. The van der Waals surface area contributed by atoms with E-state index in [1.165, 1.54) is 5.56 Å². The van der Waals surface area contributed by atoms with Crippen molar-refractivity contribution >= 4 is 40.7 Å². The predicted molar refractivity (Wildman–Crippen MR) is 139 cm³/mol. The molecule has 0 spiro atoms. The molecule has 2 aromatic carbocycles. The lowest BCUT2D eigenvalue weighted by Crippen LogP contribution is -2.51. The molecule has 3 aliphatic heterocycles. The average Bonchev–Trinajstić information content (AvgIpc) is 3.35. The third-order valence-corrected chi connectivity index (χ3v) is 7.77. The topological polar surface area (TPSA) is 74.4 Å². The number of carbonyl (C=O) groups is 2. The number of anilines is 1. The van der Waals surface area contributed by atoms with Gasteiger partial charge in [-0.05, 0) is 61.8 Å². The SMILES string of the molecule is O=C(CN1CCC(C(=O)N2CCN(Cc3ccc4c(c3)OCO4)CC2)CC1)Nc1ccc(Cl)c(Cl)c1. The molecule has 0 radical (unpaired) electrons. The van der Waals surface area contributed by atoms with Crippen LogP contribution in [0.2, 0.25) is 10.0 Å². The number of hydrogen-bond acceptors (Lipinski definition) is 6. The number of hydrogen-bond donors (Lipinski definition) is 1. The molecule has 5 rings (SSSR count). The molecule has 0 unspecified atom stereocenters. The van der Waals surface area contributed by atoms with E-state index in [1.54, 1.807) is 18.2 Å². The van der Waals surface area contributed by atoms with Crippen LogP contribution in [0, 0.1) is 5.92 Å². The van der Waals surface area contributed by atoms with Crippen LogP contribution < -0.4 is 14.8 Å². The van der Waals surface area contributed by atoms with Gasteiger partial charge in [-0.15, -0.1) is 0 Å². The summed E-state index contributed by atoms with van der Waals surface area (Å²) in [5.41, 5.74) is 1.81. The van der Waals surface area contributed by atoms with E-state index in [-0.39, 0.29) is 24.5 Å². The summed E-state index contributed by atoms with van der Waals surface area (Å²) >= 11 is 12.0. The molecule has 0 atom stereocenters. The van der Waals surface area contributed by atoms with Crippen LogP contribution in [-0.2, 0) is 16.1 Å². The molecule has 8 nitrogen and oxygen atoms in total. The largest absolute Gasteiger partial charge is 0.454 e. The summed E-state index contributed by atoms with van der Waals surface area (Å²) < 4.78 is 10.9. The number of piperidine rings is 1. The maximum Gasteiger partial charge on any atom is 0.238 e. The van der Waals surface area contributed by atoms with Crippen molar-refractivity contribution in [2.75, 3.05) is 57.9 Å². The summed E-state index contributed by atoms with van der Waals surface area (Å²) in [5, 5.41) is 3.72. The Morgan fingerprint density at radius 3 is 2.36 bits per heavy atom. The molecule has 1 N–H and O–H groups in total. The number of likely N-dealkylation sites (tertiary alicyclic amines) is 1. The standard InChI is InChI=1S/C26H30Cl2N4O4/c27-21-3-2-20(14-22(21)28)29-25(33)16-30-7-5-19(6-8-30)26(34)32-11-9-31(10-12-32)15-18-1-4-23-24(13-18)36-17-35-23/h1-4,13-14,19H,5-12,15-17H2,(H,29,33). The summed E-state index contributed by atoms with van der Waals surface area (Å²) in [4.78, 5) is 32.0. The second kappa shape index (κ2) is 11.3. The fourth-order valence-electron chi connectivity index (χ4n) is 5.00. The number of benzene rings is 2. The first kappa shape index (κ1) is 25.1. The van der Waals surface area contributed by atoms with E-state index in [2.05, 4.69) is 21.2 Å². The third kappa shape index (κ3) is 6.06. The molecule has 3 aliphatic rings. The van der Waals surface area contributed by atoms with E-state index in [4.69, 9.17) is 32.7 Å². The lowest BCUT2D eigenvalue weighted by molar-refractivity contribution is -0.139. The highest BCUT2D eigenvalue weighted by molar-refractivity contribution is 6.42. The van der Waals surface area contributed by atoms with Crippen molar-refractivity contribution in [1.82, 2.24) is 14.7 Å². The van der Waals surface area contributed by atoms with Gasteiger partial charge in [0, 0.05) is 44.3 Å². The van der Waals surface area contributed by atoms with E-state index in [0.29, 0.717) is 22.3 Å². The van der Waals surface area contributed by atoms with Gasteiger partial charge in [-0.1, -0.05) is 29.3 Å². The molecule has 2 saturated heterocycles. The predicted octanol–water partition coefficient (Wildman–Crippen LogP) is 3.72. The van der Waals surface area contributed by atoms with Gasteiger partial charge in [0.05, 0.1) is 16.6 Å². The number of nitrogens with zero attached hydrogens (tertiary/aromatic N) is 3. The van der Waals surface area contributed by atoms with Crippen molar-refractivity contribution in [1.29, 1.82) is 0 Å². The van der Waals surface area contributed by atoms with Crippen LogP contribution in [0.25, 0.3) is 0 Å². The molecule has 0 saturated carbocycles. The molecule has 0 aliphatic carbocycles. The van der Waals surface area contributed by atoms with Gasteiger partial charge in [-0.3, -0.25) is 19.4 Å². The Hall–Kier alpha value is -2.52. The summed E-state index contributed by atoms with van der Waals surface area (Å²) in [6.07, 6.45) is 1.55. The maximum atomic E-state index is 13.1. The fourth-order valence-corrected chi connectivity index (χ4v) is 5.30. The van der Waals surface area contributed by atoms with Crippen LogP contribution in [0.3, 0.4) is 0 Å². The van der Waals surface area contributed by atoms with Crippen LogP contribution >= 0.6 is 23.2 Å². The molecule has 0 bridgehead atoms. The minimum atomic E-state index is -0.100. The smallest absolute Gasteiger partial charge is 0.238 e. The summed E-state index contributed by atoms with van der Waals surface area (Å²) in [6, 6.07) is 11.1. The van der Waals surface area contributed by atoms with Gasteiger partial charge < -0.3 is 19.7 Å².